The summed E-state index contributed by atoms with van der Waals surface area (Å²) in [7, 11) is 3.47. The molecule has 0 spiro atoms. The number of nitrogens with zero attached hydrogens (tertiary/aromatic N) is 5. The normalized spacial score (nSPS) is 12.2. The lowest BCUT2D eigenvalue weighted by atomic mass is 10.0. The molecule has 8 nitrogen and oxygen atoms in total. The van der Waals surface area contributed by atoms with Crippen LogP contribution < -0.4 is 10.1 Å². The summed E-state index contributed by atoms with van der Waals surface area (Å²) in [6.07, 6.45) is 1.82. The van der Waals surface area contributed by atoms with Crippen molar-refractivity contribution in [2.45, 2.75) is 40.3 Å². The Bertz CT molecular complexity index is 1300. The lowest BCUT2D eigenvalue weighted by Gasteiger charge is -2.15. The fraction of sp³-hybridized carbons (Fsp3) is 0.333. The SMILES string of the molecule is CCn1ncc([C@@H](C)NC(=O)c2cc(-c3cccc(OC)c3)nc3c2c(C)nn3C)c1C. The number of aromatic nitrogens is 5. The largest absolute Gasteiger partial charge is 0.497 e. The van der Waals surface area contributed by atoms with Crippen molar-refractivity contribution in [3.63, 3.8) is 0 Å². The standard InChI is InChI=1S/C24H28N6O2/c1-7-30-16(4)20(13-25-30)14(2)26-24(31)19-12-21(17-9-8-10-18(11-17)32-6)27-23-22(19)15(3)28-29(23)5/h8-14H,7H2,1-6H3,(H,26,31)/t14-/m1/s1. The van der Waals surface area contributed by atoms with Crippen molar-refractivity contribution in [2.75, 3.05) is 7.11 Å². The zero-order chi connectivity index (χ0) is 23.0. The second kappa shape index (κ2) is 8.45. The van der Waals surface area contributed by atoms with E-state index in [-0.39, 0.29) is 11.9 Å². The fourth-order valence-electron chi connectivity index (χ4n) is 4.11. The maximum Gasteiger partial charge on any atom is 0.252 e. The number of fused-ring (bicyclic) bond motifs is 1. The van der Waals surface area contributed by atoms with Gasteiger partial charge >= 0.3 is 0 Å². The van der Waals surface area contributed by atoms with Gasteiger partial charge in [0.05, 0.1) is 41.7 Å². The van der Waals surface area contributed by atoms with Crippen molar-refractivity contribution < 1.29 is 9.53 Å². The van der Waals surface area contributed by atoms with E-state index in [1.54, 1.807) is 11.8 Å². The van der Waals surface area contributed by atoms with E-state index >= 15 is 0 Å². The average molecular weight is 433 g/mol. The molecule has 0 fully saturated rings. The molecule has 0 radical (unpaired) electrons. The van der Waals surface area contributed by atoms with E-state index in [1.165, 1.54) is 0 Å². The Morgan fingerprint density at radius 1 is 1.25 bits per heavy atom. The number of aryl methyl sites for hydroxylation is 3. The van der Waals surface area contributed by atoms with Crippen LogP contribution in [0.1, 0.15) is 47.2 Å². The molecular formula is C24H28N6O2. The molecule has 3 aromatic heterocycles. The minimum absolute atomic E-state index is 0.172. The molecule has 0 aliphatic carbocycles. The van der Waals surface area contributed by atoms with Crippen LogP contribution in [0.4, 0.5) is 0 Å². The molecule has 0 saturated carbocycles. The Morgan fingerprint density at radius 3 is 2.72 bits per heavy atom. The maximum atomic E-state index is 13.5. The zero-order valence-electron chi connectivity index (χ0n) is 19.3. The highest BCUT2D eigenvalue weighted by Gasteiger charge is 2.22. The highest BCUT2D eigenvalue weighted by atomic mass is 16.5. The Balaban J connectivity index is 1.78. The number of ether oxygens (including phenoxy) is 1. The summed E-state index contributed by atoms with van der Waals surface area (Å²) in [5, 5.41) is 12.8. The average Bonchev–Trinajstić information content (AvgIpc) is 3.31. The van der Waals surface area contributed by atoms with Gasteiger partial charge in [-0.3, -0.25) is 14.2 Å². The van der Waals surface area contributed by atoms with Crippen molar-refractivity contribution >= 4 is 16.9 Å². The van der Waals surface area contributed by atoms with E-state index in [4.69, 9.17) is 9.72 Å². The van der Waals surface area contributed by atoms with Crippen LogP contribution in [0.3, 0.4) is 0 Å². The summed E-state index contributed by atoms with van der Waals surface area (Å²) in [5.74, 6) is 0.558. The predicted octanol–water partition coefficient (Wildman–Crippen LogP) is 3.97. The molecule has 1 atom stereocenters. The van der Waals surface area contributed by atoms with Gasteiger partial charge in [0.15, 0.2) is 5.65 Å². The molecular weight excluding hydrogens is 404 g/mol. The lowest BCUT2D eigenvalue weighted by Crippen LogP contribution is -2.27. The van der Waals surface area contributed by atoms with Gasteiger partial charge < -0.3 is 10.1 Å². The van der Waals surface area contributed by atoms with Crippen molar-refractivity contribution in [2.24, 2.45) is 7.05 Å². The molecule has 1 N–H and O–H groups in total. The van der Waals surface area contributed by atoms with Crippen LogP contribution in [0, 0.1) is 13.8 Å². The van der Waals surface area contributed by atoms with Gasteiger partial charge in [0, 0.05) is 30.4 Å². The molecule has 4 rings (SSSR count). The van der Waals surface area contributed by atoms with Crippen LogP contribution in [0.2, 0.25) is 0 Å². The van der Waals surface area contributed by atoms with Crippen LogP contribution in [-0.2, 0) is 13.6 Å². The summed E-state index contributed by atoms with van der Waals surface area (Å²) in [6, 6.07) is 9.28. The molecule has 0 bridgehead atoms. The number of hydrogen-bond acceptors (Lipinski definition) is 5. The molecule has 166 valence electrons. The molecule has 1 amide bonds. The summed E-state index contributed by atoms with van der Waals surface area (Å²) in [4.78, 5) is 18.3. The summed E-state index contributed by atoms with van der Waals surface area (Å²) in [6.45, 7) is 8.72. The third-order valence-corrected chi connectivity index (χ3v) is 5.83. The predicted molar refractivity (Wildman–Crippen MR) is 124 cm³/mol. The summed E-state index contributed by atoms with van der Waals surface area (Å²) in [5.41, 5.74) is 5.58. The van der Waals surface area contributed by atoms with E-state index in [9.17, 15) is 4.79 Å². The van der Waals surface area contributed by atoms with Crippen molar-refractivity contribution in [3.8, 4) is 17.0 Å². The van der Waals surface area contributed by atoms with Crippen LogP contribution in [0.15, 0.2) is 36.5 Å². The van der Waals surface area contributed by atoms with E-state index in [2.05, 4.69) is 15.5 Å². The molecule has 0 aliphatic rings. The number of carbonyl (C=O) groups excluding carboxylic acids is 1. The first-order valence-electron chi connectivity index (χ1n) is 10.7. The first-order chi connectivity index (χ1) is 15.3. The Kier molecular flexibility index (Phi) is 5.69. The highest BCUT2D eigenvalue weighted by molar-refractivity contribution is 6.07. The number of carbonyl (C=O) groups is 1. The topological polar surface area (TPSA) is 86.9 Å². The number of nitrogens with one attached hydrogen (secondary N) is 1. The minimum Gasteiger partial charge on any atom is -0.497 e. The second-order valence-electron chi connectivity index (χ2n) is 7.89. The lowest BCUT2D eigenvalue weighted by molar-refractivity contribution is 0.0941. The fourth-order valence-corrected chi connectivity index (χ4v) is 4.11. The third kappa shape index (κ3) is 3.72. The van der Waals surface area contributed by atoms with Crippen LogP contribution in [-0.4, -0.2) is 37.6 Å². The van der Waals surface area contributed by atoms with Crippen LogP contribution >= 0.6 is 0 Å². The first-order valence-corrected chi connectivity index (χ1v) is 10.7. The number of hydrogen-bond donors (Lipinski definition) is 1. The van der Waals surface area contributed by atoms with Gasteiger partial charge in [-0.1, -0.05) is 12.1 Å². The number of rotatable bonds is 6. The van der Waals surface area contributed by atoms with Gasteiger partial charge in [-0.05, 0) is 45.9 Å². The molecule has 3 heterocycles. The van der Waals surface area contributed by atoms with Gasteiger partial charge in [0.1, 0.15) is 5.75 Å². The highest BCUT2D eigenvalue weighted by Crippen LogP contribution is 2.29. The Labute approximate surface area is 187 Å². The van der Waals surface area contributed by atoms with Gasteiger partial charge in [0.25, 0.3) is 5.91 Å². The van der Waals surface area contributed by atoms with E-state index < -0.39 is 0 Å². The van der Waals surface area contributed by atoms with Gasteiger partial charge in [-0.25, -0.2) is 4.98 Å². The second-order valence-corrected chi connectivity index (χ2v) is 7.89. The van der Waals surface area contributed by atoms with Gasteiger partial charge in [-0.2, -0.15) is 10.2 Å². The zero-order valence-corrected chi connectivity index (χ0v) is 19.3. The molecule has 32 heavy (non-hydrogen) atoms. The number of benzene rings is 1. The van der Waals surface area contributed by atoms with E-state index in [1.807, 2.05) is 76.0 Å². The quantitative estimate of drug-likeness (QED) is 0.498. The smallest absolute Gasteiger partial charge is 0.252 e. The first kappa shape index (κ1) is 21.5. The molecule has 1 aromatic carbocycles. The maximum absolute atomic E-state index is 13.5. The monoisotopic (exact) mass is 432 g/mol. The van der Waals surface area contributed by atoms with Crippen molar-refractivity contribution in [3.05, 3.63) is 59.0 Å². The number of pyridine rings is 1. The van der Waals surface area contributed by atoms with Crippen molar-refractivity contribution in [1.29, 1.82) is 0 Å². The van der Waals surface area contributed by atoms with E-state index in [0.29, 0.717) is 16.9 Å². The Hall–Kier alpha value is -3.68. The van der Waals surface area contributed by atoms with Gasteiger partial charge in [-0.15, -0.1) is 0 Å². The number of amides is 1. The third-order valence-electron chi connectivity index (χ3n) is 5.83. The Morgan fingerprint density at radius 2 is 2.03 bits per heavy atom. The molecule has 4 aromatic rings. The van der Waals surface area contributed by atoms with Crippen LogP contribution in [0.25, 0.3) is 22.3 Å². The van der Waals surface area contributed by atoms with Gasteiger partial charge in [0.2, 0.25) is 0 Å². The van der Waals surface area contributed by atoms with E-state index in [0.717, 1.165) is 40.2 Å². The molecule has 0 unspecified atom stereocenters. The minimum atomic E-state index is -0.191. The molecule has 8 heteroatoms. The summed E-state index contributed by atoms with van der Waals surface area (Å²) < 4.78 is 9.00. The molecule has 0 aliphatic heterocycles. The molecule has 0 saturated heterocycles. The van der Waals surface area contributed by atoms with Crippen molar-refractivity contribution in [1.82, 2.24) is 29.9 Å². The van der Waals surface area contributed by atoms with Crippen LogP contribution in [0.5, 0.6) is 5.75 Å². The summed E-state index contributed by atoms with van der Waals surface area (Å²) >= 11 is 0. The number of methoxy groups -OCH3 is 1.